The van der Waals surface area contributed by atoms with Gasteiger partial charge in [0.1, 0.15) is 12.3 Å². The summed E-state index contributed by atoms with van der Waals surface area (Å²) in [5.74, 6) is -0.0137. The van der Waals surface area contributed by atoms with E-state index >= 15 is 0 Å². The second-order valence-corrected chi connectivity index (χ2v) is 6.04. The summed E-state index contributed by atoms with van der Waals surface area (Å²) in [5, 5.41) is 9.19. The van der Waals surface area contributed by atoms with Crippen molar-refractivity contribution in [2.75, 3.05) is 7.11 Å². The summed E-state index contributed by atoms with van der Waals surface area (Å²) < 4.78 is 7.03. The highest BCUT2D eigenvalue weighted by molar-refractivity contribution is 5.92. The van der Waals surface area contributed by atoms with Gasteiger partial charge in [0.15, 0.2) is 5.96 Å². The Hall–Kier alpha value is -4.05. The average Bonchev–Trinajstić information content (AvgIpc) is 3.10. The quantitative estimate of drug-likeness (QED) is 0.526. The Morgan fingerprint density at radius 1 is 1.07 bits per heavy atom. The van der Waals surface area contributed by atoms with Crippen LogP contribution in [0.3, 0.4) is 0 Å². The van der Waals surface area contributed by atoms with E-state index in [4.69, 9.17) is 16.2 Å². The van der Waals surface area contributed by atoms with Crippen molar-refractivity contribution in [1.82, 2.24) is 4.57 Å². The van der Waals surface area contributed by atoms with Gasteiger partial charge in [-0.2, -0.15) is 10.3 Å². The molecule has 3 aromatic rings. The lowest BCUT2D eigenvalue weighted by Gasteiger charge is -2.13. The van der Waals surface area contributed by atoms with Gasteiger partial charge in [0.2, 0.25) is 0 Å². The molecule has 0 atom stereocenters. The van der Waals surface area contributed by atoms with E-state index in [1.54, 1.807) is 25.3 Å². The van der Waals surface area contributed by atoms with Gasteiger partial charge in [-0.25, -0.2) is 0 Å². The molecule has 0 saturated carbocycles. The first-order valence-electron chi connectivity index (χ1n) is 8.49. The predicted molar refractivity (Wildman–Crippen MR) is 107 cm³/mol. The number of methoxy groups -OCH3 is 1. The summed E-state index contributed by atoms with van der Waals surface area (Å²) >= 11 is 0. The summed E-state index contributed by atoms with van der Waals surface area (Å²) in [6.45, 7) is -0.0433. The van der Waals surface area contributed by atoms with E-state index < -0.39 is 5.91 Å². The highest BCUT2D eigenvalue weighted by Crippen LogP contribution is 2.30. The van der Waals surface area contributed by atoms with Crippen molar-refractivity contribution in [3.63, 3.8) is 0 Å². The minimum absolute atomic E-state index is 0.0433. The summed E-state index contributed by atoms with van der Waals surface area (Å²) in [6.07, 6.45) is 0. The van der Waals surface area contributed by atoms with Gasteiger partial charge in [-0.05, 0) is 59.7 Å². The maximum Gasteiger partial charge on any atom is 0.268 e. The number of carbonyl (C=O) groups is 1. The number of nitrogens with two attached hydrogens (primary N) is 2. The second-order valence-electron chi connectivity index (χ2n) is 6.04. The fourth-order valence-electron chi connectivity index (χ4n) is 2.97. The Bertz CT molecular complexity index is 1070. The number of amides is 1. The normalized spacial score (nSPS) is 10.1. The SMILES string of the molecule is COc1ccc(-c2ccc(-c3cccc(C#N)c3)n2CC(=O)N=C(N)N)cc1. The zero-order valence-corrected chi connectivity index (χ0v) is 15.3. The van der Waals surface area contributed by atoms with Crippen molar-refractivity contribution in [3.05, 3.63) is 66.2 Å². The van der Waals surface area contributed by atoms with Crippen LogP contribution in [0.25, 0.3) is 22.5 Å². The zero-order valence-electron chi connectivity index (χ0n) is 15.3. The monoisotopic (exact) mass is 373 g/mol. The van der Waals surface area contributed by atoms with Crippen LogP contribution >= 0.6 is 0 Å². The van der Waals surface area contributed by atoms with Gasteiger partial charge in [0.25, 0.3) is 5.91 Å². The summed E-state index contributed by atoms with van der Waals surface area (Å²) in [4.78, 5) is 15.9. The molecule has 2 aromatic carbocycles. The molecule has 1 aromatic heterocycles. The number of hydrogen-bond acceptors (Lipinski definition) is 3. The number of benzene rings is 2. The largest absolute Gasteiger partial charge is 0.497 e. The molecule has 3 rings (SSSR count). The van der Waals surface area contributed by atoms with Gasteiger partial charge in [0.05, 0.1) is 18.7 Å². The fraction of sp³-hybridized carbons (Fsp3) is 0.0952. The molecule has 140 valence electrons. The number of ether oxygens (including phenoxy) is 1. The van der Waals surface area contributed by atoms with E-state index in [0.717, 1.165) is 28.3 Å². The number of carbonyl (C=O) groups excluding carboxylic acids is 1. The Morgan fingerprint density at radius 3 is 2.36 bits per heavy atom. The van der Waals surface area contributed by atoms with E-state index in [9.17, 15) is 10.1 Å². The number of aliphatic imine (C=N–C) groups is 1. The van der Waals surface area contributed by atoms with Crippen molar-refractivity contribution in [2.24, 2.45) is 16.5 Å². The topological polar surface area (TPSA) is 119 Å². The van der Waals surface area contributed by atoms with Crippen LogP contribution < -0.4 is 16.2 Å². The van der Waals surface area contributed by atoms with Crippen molar-refractivity contribution >= 4 is 11.9 Å². The summed E-state index contributed by atoms with van der Waals surface area (Å²) in [7, 11) is 1.60. The molecule has 0 aliphatic rings. The van der Waals surface area contributed by atoms with Crippen molar-refractivity contribution in [3.8, 4) is 34.3 Å². The molecule has 28 heavy (non-hydrogen) atoms. The molecule has 0 fully saturated rings. The van der Waals surface area contributed by atoms with E-state index in [-0.39, 0.29) is 12.5 Å². The lowest BCUT2D eigenvalue weighted by Crippen LogP contribution is -2.25. The van der Waals surface area contributed by atoms with E-state index in [0.29, 0.717) is 5.56 Å². The Balaban J connectivity index is 2.11. The van der Waals surface area contributed by atoms with Crippen LogP contribution in [0.5, 0.6) is 5.75 Å². The average molecular weight is 373 g/mol. The molecule has 7 heteroatoms. The molecule has 7 nitrogen and oxygen atoms in total. The van der Waals surface area contributed by atoms with Crippen LogP contribution in [0.15, 0.2) is 65.7 Å². The van der Waals surface area contributed by atoms with Gasteiger partial charge in [0, 0.05) is 11.4 Å². The zero-order chi connectivity index (χ0) is 20.1. The van der Waals surface area contributed by atoms with Crippen LogP contribution in [0.2, 0.25) is 0 Å². The number of aromatic nitrogens is 1. The molecule has 0 saturated heterocycles. The molecule has 0 radical (unpaired) electrons. The molecule has 1 amide bonds. The standard InChI is InChI=1S/C21H19N5O2/c1-28-17-7-5-15(6-8-17)18-9-10-19(16-4-2-3-14(11-16)12-22)26(18)13-20(27)25-21(23)24/h2-11H,13H2,1H3,(H4,23,24,25,27). The Morgan fingerprint density at radius 2 is 1.75 bits per heavy atom. The number of nitriles is 1. The fourth-order valence-corrected chi connectivity index (χ4v) is 2.97. The highest BCUT2D eigenvalue weighted by atomic mass is 16.5. The molecule has 0 bridgehead atoms. The molecule has 4 N–H and O–H groups in total. The van der Waals surface area contributed by atoms with Gasteiger partial charge < -0.3 is 20.8 Å². The second kappa shape index (κ2) is 8.10. The van der Waals surface area contributed by atoms with Gasteiger partial charge in [-0.3, -0.25) is 4.79 Å². The molecule has 0 aliphatic heterocycles. The molecular weight excluding hydrogens is 354 g/mol. The van der Waals surface area contributed by atoms with Crippen LogP contribution in [0.4, 0.5) is 0 Å². The van der Waals surface area contributed by atoms with E-state index in [1.807, 2.05) is 47.0 Å². The summed E-state index contributed by atoms with van der Waals surface area (Å²) in [6, 6.07) is 20.6. The maximum atomic E-state index is 12.3. The van der Waals surface area contributed by atoms with Gasteiger partial charge in [-0.1, -0.05) is 12.1 Å². The van der Waals surface area contributed by atoms with Crippen LogP contribution in [0.1, 0.15) is 5.56 Å². The van der Waals surface area contributed by atoms with E-state index in [2.05, 4.69) is 11.1 Å². The number of nitrogens with zero attached hydrogens (tertiary/aromatic N) is 3. The molecule has 0 aliphatic carbocycles. The first kappa shape index (κ1) is 18.7. The maximum absolute atomic E-state index is 12.3. The molecule has 1 heterocycles. The minimum atomic E-state index is -0.469. The van der Waals surface area contributed by atoms with Crippen LogP contribution in [0, 0.1) is 11.3 Å². The Labute approximate surface area is 162 Å². The lowest BCUT2D eigenvalue weighted by molar-refractivity contribution is -0.118. The minimum Gasteiger partial charge on any atom is -0.497 e. The first-order valence-corrected chi connectivity index (χ1v) is 8.49. The third kappa shape index (κ3) is 4.02. The van der Waals surface area contributed by atoms with Gasteiger partial charge in [-0.15, -0.1) is 0 Å². The lowest BCUT2D eigenvalue weighted by atomic mass is 10.1. The molecular formula is C21H19N5O2. The predicted octanol–water partition coefficient (Wildman–Crippen LogP) is 2.50. The van der Waals surface area contributed by atoms with Crippen LogP contribution in [-0.2, 0) is 11.3 Å². The smallest absolute Gasteiger partial charge is 0.268 e. The number of rotatable bonds is 5. The Kier molecular flexibility index (Phi) is 5.42. The van der Waals surface area contributed by atoms with Gasteiger partial charge >= 0.3 is 0 Å². The van der Waals surface area contributed by atoms with Crippen molar-refractivity contribution in [1.29, 1.82) is 5.26 Å². The van der Waals surface area contributed by atoms with Crippen LogP contribution in [-0.4, -0.2) is 23.5 Å². The number of guanidine groups is 1. The first-order chi connectivity index (χ1) is 13.5. The third-order valence-electron chi connectivity index (χ3n) is 4.20. The molecule has 0 unspecified atom stereocenters. The van der Waals surface area contributed by atoms with Crippen molar-refractivity contribution in [2.45, 2.75) is 6.54 Å². The number of hydrogen-bond donors (Lipinski definition) is 2. The van der Waals surface area contributed by atoms with E-state index in [1.165, 1.54) is 0 Å². The third-order valence-corrected chi connectivity index (χ3v) is 4.20. The van der Waals surface area contributed by atoms with Crippen molar-refractivity contribution < 1.29 is 9.53 Å². The summed E-state index contributed by atoms with van der Waals surface area (Å²) in [5.41, 5.74) is 14.5. The highest BCUT2D eigenvalue weighted by Gasteiger charge is 2.15. The molecule has 0 spiro atoms.